The van der Waals surface area contributed by atoms with Crippen LogP contribution in [0.2, 0.25) is 0 Å². The Bertz CT molecular complexity index is 835. The van der Waals surface area contributed by atoms with Gasteiger partial charge in [0.1, 0.15) is 11.5 Å². The van der Waals surface area contributed by atoms with Crippen molar-refractivity contribution >= 4 is 23.9 Å². The van der Waals surface area contributed by atoms with Gasteiger partial charge in [0.05, 0.1) is 6.54 Å². The first-order valence-corrected chi connectivity index (χ1v) is 8.94. The zero-order valence-corrected chi connectivity index (χ0v) is 14.5. The molecular formula is C20H21N3O3. The van der Waals surface area contributed by atoms with E-state index in [-0.39, 0.29) is 18.1 Å². The number of anilines is 1. The van der Waals surface area contributed by atoms with Crippen molar-refractivity contribution in [3.05, 3.63) is 59.5 Å². The van der Waals surface area contributed by atoms with Crippen molar-refractivity contribution < 1.29 is 14.0 Å². The second kappa shape index (κ2) is 7.07. The first-order chi connectivity index (χ1) is 12.7. The molecule has 0 unspecified atom stereocenters. The Hall–Kier alpha value is -3.02. The second-order valence-electron chi connectivity index (χ2n) is 6.59. The molecule has 1 N–H and O–H groups in total. The molecule has 2 fully saturated rings. The predicted octanol–water partition coefficient (Wildman–Crippen LogP) is 3.36. The van der Waals surface area contributed by atoms with Crippen molar-refractivity contribution in [1.29, 1.82) is 0 Å². The summed E-state index contributed by atoms with van der Waals surface area (Å²) in [5, 5.41) is 2.64. The van der Waals surface area contributed by atoms with E-state index < -0.39 is 6.03 Å². The zero-order valence-electron chi connectivity index (χ0n) is 14.5. The summed E-state index contributed by atoms with van der Waals surface area (Å²) in [7, 11) is 0. The SMILES string of the molecule is O=C1N/C(=C/c2ccc(N3CCCCC3)o2)C(=O)N1Cc1ccccc1. The number of carbonyl (C=O) groups excluding carboxylic acids is 2. The molecule has 0 saturated carbocycles. The van der Waals surface area contributed by atoms with E-state index in [1.165, 1.54) is 24.2 Å². The van der Waals surface area contributed by atoms with Gasteiger partial charge in [0.25, 0.3) is 5.91 Å². The average Bonchev–Trinajstić information content (AvgIpc) is 3.24. The van der Waals surface area contributed by atoms with Crippen molar-refractivity contribution in [3.63, 3.8) is 0 Å². The smallest absolute Gasteiger partial charge is 0.329 e. The molecule has 2 aliphatic heterocycles. The van der Waals surface area contributed by atoms with E-state index in [1.807, 2.05) is 42.5 Å². The van der Waals surface area contributed by atoms with Gasteiger partial charge >= 0.3 is 6.03 Å². The summed E-state index contributed by atoms with van der Waals surface area (Å²) < 4.78 is 5.85. The van der Waals surface area contributed by atoms with E-state index in [1.54, 1.807) is 6.08 Å². The first kappa shape index (κ1) is 16.4. The molecular weight excluding hydrogens is 330 g/mol. The minimum atomic E-state index is -0.409. The molecule has 0 atom stereocenters. The third kappa shape index (κ3) is 3.35. The van der Waals surface area contributed by atoms with Gasteiger partial charge in [-0.25, -0.2) is 4.79 Å². The molecule has 3 amide bonds. The molecule has 2 aromatic rings. The Kier molecular flexibility index (Phi) is 4.48. The highest BCUT2D eigenvalue weighted by Gasteiger charge is 2.33. The van der Waals surface area contributed by atoms with Crippen LogP contribution < -0.4 is 10.2 Å². The molecule has 134 valence electrons. The molecule has 26 heavy (non-hydrogen) atoms. The number of nitrogens with one attached hydrogen (secondary N) is 1. The first-order valence-electron chi connectivity index (χ1n) is 8.94. The van der Waals surface area contributed by atoms with Gasteiger partial charge in [-0.2, -0.15) is 0 Å². The van der Waals surface area contributed by atoms with Crippen LogP contribution in [0.5, 0.6) is 0 Å². The molecule has 3 heterocycles. The molecule has 1 aromatic heterocycles. The number of urea groups is 1. The number of piperidine rings is 1. The number of furan rings is 1. The monoisotopic (exact) mass is 351 g/mol. The number of amides is 3. The molecule has 4 rings (SSSR count). The fraction of sp³-hybridized carbons (Fsp3) is 0.300. The van der Waals surface area contributed by atoms with Crippen LogP contribution in [0, 0.1) is 0 Å². The van der Waals surface area contributed by atoms with Gasteiger partial charge in [0, 0.05) is 25.2 Å². The minimum Gasteiger partial charge on any atom is -0.441 e. The van der Waals surface area contributed by atoms with E-state index in [2.05, 4.69) is 10.2 Å². The highest BCUT2D eigenvalue weighted by molar-refractivity contribution is 6.13. The number of rotatable bonds is 4. The van der Waals surface area contributed by atoms with E-state index in [4.69, 9.17) is 4.42 Å². The second-order valence-corrected chi connectivity index (χ2v) is 6.59. The summed E-state index contributed by atoms with van der Waals surface area (Å²) in [4.78, 5) is 28.1. The Labute approximate surface area is 152 Å². The number of carbonyl (C=O) groups is 2. The summed E-state index contributed by atoms with van der Waals surface area (Å²) in [6.45, 7) is 2.23. The van der Waals surface area contributed by atoms with Crippen LogP contribution in [0.1, 0.15) is 30.6 Å². The number of hydrogen-bond donors (Lipinski definition) is 1. The lowest BCUT2D eigenvalue weighted by molar-refractivity contribution is -0.123. The third-order valence-electron chi connectivity index (χ3n) is 4.71. The van der Waals surface area contributed by atoms with Crippen LogP contribution in [0.4, 0.5) is 10.7 Å². The van der Waals surface area contributed by atoms with Gasteiger partial charge in [-0.3, -0.25) is 9.69 Å². The van der Waals surface area contributed by atoms with E-state index >= 15 is 0 Å². The topological polar surface area (TPSA) is 65.8 Å². The zero-order chi connectivity index (χ0) is 17.9. The van der Waals surface area contributed by atoms with E-state index in [9.17, 15) is 9.59 Å². The predicted molar refractivity (Wildman–Crippen MR) is 98.3 cm³/mol. The summed E-state index contributed by atoms with van der Waals surface area (Å²) >= 11 is 0. The van der Waals surface area contributed by atoms with Crippen LogP contribution in [0.25, 0.3) is 6.08 Å². The number of hydrogen-bond acceptors (Lipinski definition) is 4. The Morgan fingerprint density at radius 3 is 2.54 bits per heavy atom. The van der Waals surface area contributed by atoms with Gasteiger partial charge in [-0.1, -0.05) is 30.3 Å². The summed E-state index contributed by atoms with van der Waals surface area (Å²) in [5.41, 5.74) is 1.15. The minimum absolute atomic E-state index is 0.241. The summed E-state index contributed by atoms with van der Waals surface area (Å²) in [6, 6.07) is 12.8. The lowest BCUT2D eigenvalue weighted by Gasteiger charge is -2.25. The fourth-order valence-corrected chi connectivity index (χ4v) is 3.33. The highest BCUT2D eigenvalue weighted by atomic mass is 16.4. The Balaban J connectivity index is 1.48. The number of benzene rings is 1. The number of imide groups is 1. The van der Waals surface area contributed by atoms with Gasteiger partial charge in [0.15, 0.2) is 5.88 Å². The number of nitrogens with zero attached hydrogens (tertiary/aromatic N) is 2. The van der Waals surface area contributed by atoms with Crippen LogP contribution in [-0.4, -0.2) is 29.9 Å². The van der Waals surface area contributed by atoms with Gasteiger partial charge < -0.3 is 14.6 Å². The lowest BCUT2D eigenvalue weighted by atomic mass is 10.1. The molecule has 1 aromatic carbocycles. The van der Waals surface area contributed by atoms with Crippen molar-refractivity contribution in [1.82, 2.24) is 10.2 Å². The maximum Gasteiger partial charge on any atom is 0.329 e. The van der Waals surface area contributed by atoms with Crippen molar-refractivity contribution in [3.8, 4) is 0 Å². The van der Waals surface area contributed by atoms with Crippen molar-refractivity contribution in [2.24, 2.45) is 0 Å². The standard InChI is InChI=1S/C20H21N3O3/c24-19-17(21-20(25)23(19)14-15-7-3-1-4-8-15)13-16-9-10-18(26-16)22-11-5-2-6-12-22/h1,3-4,7-10,13H,2,5-6,11-12,14H2,(H,21,25)/b17-13+. The Morgan fingerprint density at radius 2 is 1.77 bits per heavy atom. The molecule has 6 heteroatoms. The molecule has 0 aliphatic carbocycles. The van der Waals surface area contributed by atoms with Crippen molar-refractivity contribution in [2.75, 3.05) is 18.0 Å². The van der Waals surface area contributed by atoms with Crippen LogP contribution in [0.3, 0.4) is 0 Å². The molecule has 0 radical (unpaired) electrons. The lowest BCUT2D eigenvalue weighted by Crippen LogP contribution is -2.30. The largest absolute Gasteiger partial charge is 0.441 e. The van der Waals surface area contributed by atoms with Gasteiger partial charge in [-0.05, 0) is 30.9 Å². The highest BCUT2D eigenvalue weighted by Crippen LogP contribution is 2.24. The molecule has 2 saturated heterocycles. The van der Waals surface area contributed by atoms with Crippen LogP contribution in [-0.2, 0) is 11.3 Å². The van der Waals surface area contributed by atoms with Crippen LogP contribution >= 0.6 is 0 Å². The molecule has 0 spiro atoms. The normalized spacial score (nSPS) is 19.3. The maximum atomic E-state index is 12.6. The Morgan fingerprint density at radius 1 is 1.00 bits per heavy atom. The molecule has 0 bridgehead atoms. The van der Waals surface area contributed by atoms with Crippen molar-refractivity contribution in [2.45, 2.75) is 25.8 Å². The quantitative estimate of drug-likeness (QED) is 0.678. The maximum absolute atomic E-state index is 12.6. The fourth-order valence-electron chi connectivity index (χ4n) is 3.33. The molecule has 2 aliphatic rings. The van der Waals surface area contributed by atoms with Gasteiger partial charge in [0.2, 0.25) is 0 Å². The van der Waals surface area contributed by atoms with Gasteiger partial charge in [-0.15, -0.1) is 0 Å². The van der Waals surface area contributed by atoms with E-state index in [0.717, 1.165) is 24.5 Å². The molecule has 6 nitrogen and oxygen atoms in total. The summed E-state index contributed by atoms with van der Waals surface area (Å²) in [5.74, 6) is 1.04. The average molecular weight is 351 g/mol. The third-order valence-corrected chi connectivity index (χ3v) is 4.71. The summed E-state index contributed by atoms with van der Waals surface area (Å²) in [6.07, 6.45) is 5.19. The van der Waals surface area contributed by atoms with Crippen LogP contribution in [0.15, 0.2) is 52.6 Å². The van der Waals surface area contributed by atoms with E-state index in [0.29, 0.717) is 5.76 Å².